The van der Waals surface area contributed by atoms with Crippen LogP contribution in [-0.4, -0.2) is 23.6 Å². The van der Waals surface area contributed by atoms with E-state index in [1.165, 1.54) is 6.20 Å². The van der Waals surface area contributed by atoms with Crippen LogP contribution in [0.3, 0.4) is 0 Å². The normalized spacial score (nSPS) is 13.0. The van der Waals surface area contributed by atoms with Crippen LogP contribution in [0.15, 0.2) is 24.4 Å². The summed E-state index contributed by atoms with van der Waals surface area (Å²) in [6.07, 6.45) is 2.03. The molecule has 0 fully saturated rings. The second kappa shape index (κ2) is 4.25. The first-order valence-corrected chi connectivity index (χ1v) is 5.74. The van der Waals surface area contributed by atoms with Crippen LogP contribution in [0.1, 0.15) is 5.56 Å². The lowest BCUT2D eigenvalue weighted by molar-refractivity contribution is 0.357. The zero-order chi connectivity index (χ0) is 12.5. The summed E-state index contributed by atoms with van der Waals surface area (Å²) < 4.78 is 19.2. The molecule has 92 valence electrons. The summed E-state index contributed by atoms with van der Waals surface area (Å²) in [5.74, 6) is 0.859. The molecule has 4 nitrogen and oxygen atoms in total. The van der Waals surface area contributed by atoms with Gasteiger partial charge in [0.25, 0.3) is 0 Å². The van der Waals surface area contributed by atoms with Crippen molar-refractivity contribution in [3.8, 4) is 17.0 Å². The summed E-state index contributed by atoms with van der Waals surface area (Å²) in [5, 5.41) is 2.80. The summed E-state index contributed by atoms with van der Waals surface area (Å²) in [4.78, 5) is 7.98. The van der Waals surface area contributed by atoms with E-state index in [4.69, 9.17) is 4.74 Å². The fourth-order valence-corrected chi connectivity index (χ4v) is 2.02. The van der Waals surface area contributed by atoms with Crippen molar-refractivity contribution >= 4 is 5.95 Å². The molecule has 0 atom stereocenters. The highest BCUT2D eigenvalue weighted by Crippen LogP contribution is 2.30. The van der Waals surface area contributed by atoms with E-state index in [9.17, 15) is 4.39 Å². The van der Waals surface area contributed by atoms with E-state index in [0.29, 0.717) is 18.2 Å². The molecule has 1 aliphatic heterocycles. The molecule has 0 saturated carbocycles. The summed E-state index contributed by atoms with van der Waals surface area (Å²) in [6.45, 7) is 0.687. The first-order valence-electron chi connectivity index (χ1n) is 5.74. The minimum Gasteiger partial charge on any atom is -0.493 e. The summed E-state index contributed by atoms with van der Waals surface area (Å²) >= 11 is 0. The van der Waals surface area contributed by atoms with E-state index >= 15 is 0 Å². The van der Waals surface area contributed by atoms with Gasteiger partial charge < -0.3 is 10.1 Å². The highest BCUT2D eigenvalue weighted by molar-refractivity contribution is 5.64. The standard InChI is InChI=1S/C13H12FN3O/c1-15-13-16-7-10(14)12(17-13)9-2-3-11-8(6-9)4-5-18-11/h2-3,6-7H,4-5H2,1H3,(H,15,16,17). The van der Waals surface area contributed by atoms with Gasteiger partial charge in [0.05, 0.1) is 12.8 Å². The van der Waals surface area contributed by atoms with Crippen LogP contribution in [0.2, 0.25) is 0 Å². The number of rotatable bonds is 2. The van der Waals surface area contributed by atoms with E-state index < -0.39 is 5.82 Å². The number of aromatic nitrogens is 2. The number of hydrogen-bond acceptors (Lipinski definition) is 4. The van der Waals surface area contributed by atoms with Crippen LogP contribution in [0.5, 0.6) is 5.75 Å². The first kappa shape index (κ1) is 11.0. The first-order chi connectivity index (χ1) is 8.78. The van der Waals surface area contributed by atoms with Crippen LogP contribution in [0.25, 0.3) is 11.3 Å². The van der Waals surface area contributed by atoms with Gasteiger partial charge in [0.2, 0.25) is 5.95 Å². The van der Waals surface area contributed by atoms with E-state index in [0.717, 1.165) is 23.3 Å². The van der Waals surface area contributed by atoms with Gasteiger partial charge in [0, 0.05) is 19.0 Å². The zero-order valence-corrected chi connectivity index (χ0v) is 9.90. The smallest absolute Gasteiger partial charge is 0.223 e. The second-order valence-corrected chi connectivity index (χ2v) is 4.06. The van der Waals surface area contributed by atoms with Gasteiger partial charge in [-0.3, -0.25) is 0 Å². The van der Waals surface area contributed by atoms with Crippen molar-refractivity contribution in [1.82, 2.24) is 9.97 Å². The predicted molar refractivity (Wildman–Crippen MR) is 66.2 cm³/mol. The maximum atomic E-state index is 13.8. The Bertz CT molecular complexity index is 601. The summed E-state index contributed by atoms with van der Waals surface area (Å²) in [5.41, 5.74) is 2.15. The third-order valence-corrected chi connectivity index (χ3v) is 2.93. The van der Waals surface area contributed by atoms with E-state index in [2.05, 4.69) is 15.3 Å². The molecule has 2 aromatic rings. The molecule has 3 rings (SSSR count). The SMILES string of the molecule is CNc1ncc(F)c(-c2ccc3c(c2)CCO3)n1. The Kier molecular flexibility index (Phi) is 2.59. The molecule has 1 aliphatic rings. The van der Waals surface area contributed by atoms with Crippen molar-refractivity contribution in [2.24, 2.45) is 0 Å². The number of fused-ring (bicyclic) bond motifs is 1. The van der Waals surface area contributed by atoms with Crippen molar-refractivity contribution in [2.75, 3.05) is 19.0 Å². The van der Waals surface area contributed by atoms with E-state index in [1.807, 2.05) is 18.2 Å². The summed E-state index contributed by atoms with van der Waals surface area (Å²) in [7, 11) is 1.70. The molecule has 2 heterocycles. The van der Waals surface area contributed by atoms with Gasteiger partial charge in [0.15, 0.2) is 5.82 Å². The predicted octanol–water partition coefficient (Wildman–Crippen LogP) is 2.26. The molecular weight excluding hydrogens is 233 g/mol. The van der Waals surface area contributed by atoms with Gasteiger partial charge in [-0.05, 0) is 23.8 Å². The van der Waals surface area contributed by atoms with Gasteiger partial charge in [-0.25, -0.2) is 14.4 Å². The third-order valence-electron chi connectivity index (χ3n) is 2.93. The van der Waals surface area contributed by atoms with Crippen LogP contribution in [0.4, 0.5) is 10.3 Å². The number of hydrogen-bond donors (Lipinski definition) is 1. The molecule has 1 aromatic heterocycles. The fraction of sp³-hybridized carbons (Fsp3) is 0.231. The van der Waals surface area contributed by atoms with Crippen molar-refractivity contribution < 1.29 is 9.13 Å². The number of anilines is 1. The number of ether oxygens (including phenoxy) is 1. The molecule has 1 aromatic carbocycles. The third kappa shape index (κ3) is 1.77. The Hall–Kier alpha value is -2.17. The minimum absolute atomic E-state index is 0.309. The summed E-state index contributed by atoms with van der Waals surface area (Å²) in [6, 6.07) is 5.60. The van der Waals surface area contributed by atoms with Crippen LogP contribution < -0.4 is 10.1 Å². The van der Waals surface area contributed by atoms with Gasteiger partial charge in [-0.15, -0.1) is 0 Å². The van der Waals surface area contributed by atoms with E-state index in [1.54, 1.807) is 7.05 Å². The van der Waals surface area contributed by atoms with Crippen molar-refractivity contribution in [1.29, 1.82) is 0 Å². The topological polar surface area (TPSA) is 47.0 Å². The lowest BCUT2D eigenvalue weighted by atomic mass is 10.1. The average Bonchev–Trinajstić information content (AvgIpc) is 2.86. The number of nitrogens with zero attached hydrogens (tertiary/aromatic N) is 2. The maximum Gasteiger partial charge on any atom is 0.223 e. The maximum absolute atomic E-state index is 13.8. The molecule has 1 N–H and O–H groups in total. The lowest BCUT2D eigenvalue weighted by Gasteiger charge is -2.06. The Labute approximate surface area is 104 Å². The van der Waals surface area contributed by atoms with Crippen LogP contribution in [0, 0.1) is 5.82 Å². The molecule has 0 amide bonds. The molecule has 18 heavy (non-hydrogen) atoms. The molecule has 0 saturated heterocycles. The molecule has 0 radical (unpaired) electrons. The second-order valence-electron chi connectivity index (χ2n) is 4.06. The van der Waals surface area contributed by atoms with E-state index in [-0.39, 0.29) is 0 Å². The average molecular weight is 245 g/mol. The molecule has 0 unspecified atom stereocenters. The van der Waals surface area contributed by atoms with Gasteiger partial charge >= 0.3 is 0 Å². The molecule has 5 heteroatoms. The van der Waals surface area contributed by atoms with Gasteiger partial charge in [-0.1, -0.05) is 0 Å². The van der Waals surface area contributed by atoms with Crippen LogP contribution >= 0.6 is 0 Å². The largest absolute Gasteiger partial charge is 0.493 e. The number of halogens is 1. The van der Waals surface area contributed by atoms with Crippen LogP contribution in [-0.2, 0) is 6.42 Å². The quantitative estimate of drug-likeness (QED) is 0.881. The number of benzene rings is 1. The zero-order valence-electron chi connectivity index (χ0n) is 9.90. The molecule has 0 aliphatic carbocycles. The Morgan fingerprint density at radius 2 is 2.28 bits per heavy atom. The Morgan fingerprint density at radius 3 is 3.11 bits per heavy atom. The number of nitrogens with one attached hydrogen (secondary N) is 1. The molecule has 0 spiro atoms. The lowest BCUT2D eigenvalue weighted by Crippen LogP contribution is -1.99. The van der Waals surface area contributed by atoms with Crippen molar-refractivity contribution in [3.63, 3.8) is 0 Å². The van der Waals surface area contributed by atoms with Crippen molar-refractivity contribution in [3.05, 3.63) is 35.8 Å². The highest BCUT2D eigenvalue weighted by atomic mass is 19.1. The van der Waals surface area contributed by atoms with Gasteiger partial charge in [-0.2, -0.15) is 0 Å². The molecule has 0 bridgehead atoms. The highest BCUT2D eigenvalue weighted by Gasteiger charge is 2.15. The fourth-order valence-electron chi connectivity index (χ4n) is 2.02. The Balaban J connectivity index is 2.09. The van der Waals surface area contributed by atoms with Gasteiger partial charge in [0.1, 0.15) is 11.4 Å². The van der Waals surface area contributed by atoms with Crippen molar-refractivity contribution in [2.45, 2.75) is 6.42 Å². The molecular formula is C13H12FN3O. The Morgan fingerprint density at radius 1 is 1.39 bits per heavy atom. The minimum atomic E-state index is -0.423. The monoisotopic (exact) mass is 245 g/mol.